The third-order valence-corrected chi connectivity index (χ3v) is 4.76. The normalized spacial score (nSPS) is 23.7. The van der Waals surface area contributed by atoms with Gasteiger partial charge >= 0.3 is 0 Å². The number of anilines is 1. The zero-order valence-electron chi connectivity index (χ0n) is 13.3. The average molecular weight is 306 g/mol. The van der Waals surface area contributed by atoms with Gasteiger partial charge in [0.25, 0.3) is 5.56 Å². The molecule has 1 aromatic heterocycles. The van der Waals surface area contributed by atoms with Gasteiger partial charge in [0.2, 0.25) is 0 Å². The Kier molecular flexibility index (Phi) is 5.10. The lowest BCUT2D eigenvalue weighted by atomic mass is 9.99. The molecule has 22 heavy (non-hydrogen) atoms. The van der Waals surface area contributed by atoms with Crippen LogP contribution in [0.3, 0.4) is 0 Å². The lowest BCUT2D eigenvalue weighted by Gasteiger charge is -2.34. The third kappa shape index (κ3) is 3.67. The first kappa shape index (κ1) is 15.5. The Morgan fingerprint density at radius 1 is 1.36 bits per heavy atom. The number of rotatable bonds is 4. The van der Waals surface area contributed by atoms with E-state index in [4.69, 9.17) is 4.74 Å². The molecule has 6 nitrogen and oxygen atoms in total. The van der Waals surface area contributed by atoms with Crippen molar-refractivity contribution in [3.05, 3.63) is 22.7 Å². The van der Waals surface area contributed by atoms with Gasteiger partial charge in [0, 0.05) is 51.8 Å². The summed E-state index contributed by atoms with van der Waals surface area (Å²) in [5, 5.41) is 3.69. The molecule has 122 valence electrons. The number of hydrogen-bond acceptors (Lipinski definition) is 5. The number of ether oxygens (including phenoxy) is 1. The summed E-state index contributed by atoms with van der Waals surface area (Å²) >= 11 is 0. The van der Waals surface area contributed by atoms with Gasteiger partial charge in [-0.2, -0.15) is 0 Å². The summed E-state index contributed by atoms with van der Waals surface area (Å²) in [5.74, 6) is 1.31. The van der Waals surface area contributed by atoms with Crippen molar-refractivity contribution in [3.8, 4) is 0 Å². The van der Waals surface area contributed by atoms with Crippen molar-refractivity contribution in [1.29, 1.82) is 0 Å². The van der Waals surface area contributed by atoms with E-state index in [0.717, 1.165) is 58.0 Å². The Hall–Kier alpha value is -1.40. The molecule has 2 aliphatic heterocycles. The first-order valence-corrected chi connectivity index (χ1v) is 8.32. The Labute approximate surface area is 131 Å². The minimum atomic E-state index is -0.00687. The van der Waals surface area contributed by atoms with E-state index in [1.165, 1.54) is 6.42 Å². The zero-order chi connectivity index (χ0) is 15.4. The Balaban J connectivity index is 1.57. The minimum Gasteiger partial charge on any atom is -0.381 e. The molecule has 6 heteroatoms. The van der Waals surface area contributed by atoms with Gasteiger partial charge in [-0.25, -0.2) is 4.98 Å². The molecule has 0 radical (unpaired) electrons. The van der Waals surface area contributed by atoms with Gasteiger partial charge in [-0.05, 0) is 38.1 Å². The highest BCUT2D eigenvalue weighted by Crippen LogP contribution is 2.17. The van der Waals surface area contributed by atoms with Crippen molar-refractivity contribution in [2.24, 2.45) is 13.0 Å². The van der Waals surface area contributed by atoms with Crippen LogP contribution in [0, 0.1) is 5.92 Å². The highest BCUT2D eigenvalue weighted by Gasteiger charge is 2.24. The Bertz CT molecular complexity index is 539. The summed E-state index contributed by atoms with van der Waals surface area (Å²) < 4.78 is 7.01. The van der Waals surface area contributed by atoms with E-state index in [1.54, 1.807) is 24.0 Å². The van der Waals surface area contributed by atoms with E-state index >= 15 is 0 Å². The van der Waals surface area contributed by atoms with E-state index in [2.05, 4.69) is 15.2 Å². The van der Waals surface area contributed by atoms with Crippen LogP contribution < -0.4 is 15.8 Å². The summed E-state index contributed by atoms with van der Waals surface area (Å²) in [7, 11) is 1.78. The fourth-order valence-corrected chi connectivity index (χ4v) is 3.32. The van der Waals surface area contributed by atoms with Crippen LogP contribution in [0.5, 0.6) is 0 Å². The molecular weight excluding hydrogens is 280 g/mol. The lowest BCUT2D eigenvalue weighted by Crippen LogP contribution is -2.49. The van der Waals surface area contributed by atoms with Gasteiger partial charge in [-0.15, -0.1) is 0 Å². The SMILES string of the molecule is Cn1ccnc(N2CCC[C@H](NCC3CCOCC3)C2)c1=O. The van der Waals surface area contributed by atoms with Crippen LogP contribution in [0.1, 0.15) is 25.7 Å². The second-order valence-corrected chi connectivity index (χ2v) is 6.42. The van der Waals surface area contributed by atoms with Crippen LogP contribution in [0.2, 0.25) is 0 Å². The van der Waals surface area contributed by atoms with Crippen LogP contribution in [0.15, 0.2) is 17.2 Å². The molecule has 1 aromatic rings. The molecule has 2 saturated heterocycles. The number of nitrogens with zero attached hydrogens (tertiary/aromatic N) is 3. The van der Waals surface area contributed by atoms with E-state index in [0.29, 0.717) is 11.9 Å². The molecule has 0 saturated carbocycles. The number of hydrogen-bond donors (Lipinski definition) is 1. The van der Waals surface area contributed by atoms with Gasteiger partial charge in [0.05, 0.1) is 0 Å². The third-order valence-electron chi connectivity index (χ3n) is 4.76. The highest BCUT2D eigenvalue weighted by molar-refractivity contribution is 5.36. The van der Waals surface area contributed by atoms with Crippen molar-refractivity contribution in [1.82, 2.24) is 14.9 Å². The van der Waals surface area contributed by atoms with Crippen molar-refractivity contribution in [2.45, 2.75) is 31.7 Å². The van der Waals surface area contributed by atoms with Gasteiger partial charge in [0.15, 0.2) is 5.82 Å². The van der Waals surface area contributed by atoms with Crippen LogP contribution >= 0.6 is 0 Å². The van der Waals surface area contributed by atoms with Crippen molar-refractivity contribution >= 4 is 5.82 Å². The van der Waals surface area contributed by atoms with Gasteiger partial charge in [0.1, 0.15) is 0 Å². The summed E-state index contributed by atoms with van der Waals surface area (Å²) in [6, 6.07) is 0.448. The van der Waals surface area contributed by atoms with Crippen LogP contribution in [-0.2, 0) is 11.8 Å². The predicted molar refractivity (Wildman–Crippen MR) is 86.3 cm³/mol. The summed E-state index contributed by atoms with van der Waals surface area (Å²) in [6.07, 6.45) is 8.00. The molecule has 0 aliphatic carbocycles. The van der Waals surface area contributed by atoms with Gasteiger partial charge in [-0.1, -0.05) is 0 Å². The molecule has 0 unspecified atom stereocenters. The molecule has 0 spiro atoms. The van der Waals surface area contributed by atoms with E-state index in [-0.39, 0.29) is 5.56 Å². The predicted octanol–water partition coefficient (Wildman–Crippen LogP) is 0.765. The zero-order valence-corrected chi connectivity index (χ0v) is 13.3. The summed E-state index contributed by atoms with van der Waals surface area (Å²) in [6.45, 7) is 4.64. The maximum Gasteiger partial charge on any atom is 0.293 e. The smallest absolute Gasteiger partial charge is 0.293 e. The molecule has 2 fully saturated rings. The fourth-order valence-electron chi connectivity index (χ4n) is 3.32. The maximum atomic E-state index is 12.2. The number of aromatic nitrogens is 2. The molecule has 1 atom stereocenters. The molecular formula is C16H26N4O2. The first-order chi connectivity index (χ1) is 10.7. The number of aryl methyl sites for hydroxylation is 1. The lowest BCUT2D eigenvalue weighted by molar-refractivity contribution is 0.0653. The molecule has 0 bridgehead atoms. The quantitative estimate of drug-likeness (QED) is 0.890. The van der Waals surface area contributed by atoms with Crippen LogP contribution in [0.25, 0.3) is 0 Å². The summed E-state index contributed by atoms with van der Waals surface area (Å²) in [5.41, 5.74) is -0.00687. The monoisotopic (exact) mass is 306 g/mol. The van der Waals surface area contributed by atoms with Crippen LogP contribution in [0.4, 0.5) is 5.82 Å². The molecule has 3 rings (SSSR count). The second kappa shape index (κ2) is 7.24. The first-order valence-electron chi connectivity index (χ1n) is 8.32. The average Bonchev–Trinajstić information content (AvgIpc) is 2.57. The fraction of sp³-hybridized carbons (Fsp3) is 0.750. The molecule has 2 aliphatic rings. The minimum absolute atomic E-state index is 0.00687. The highest BCUT2D eigenvalue weighted by atomic mass is 16.5. The summed E-state index contributed by atoms with van der Waals surface area (Å²) in [4.78, 5) is 18.6. The Morgan fingerprint density at radius 3 is 3.00 bits per heavy atom. The molecule has 1 N–H and O–H groups in total. The second-order valence-electron chi connectivity index (χ2n) is 6.42. The maximum absolute atomic E-state index is 12.2. The molecule has 3 heterocycles. The standard InChI is InChI=1S/C16H26N4O2/c1-19-8-6-17-15(16(19)21)20-7-2-3-14(12-20)18-11-13-4-9-22-10-5-13/h6,8,13-14,18H,2-5,7,9-12H2,1H3/t14-/m0/s1. The van der Waals surface area contributed by atoms with Gasteiger partial charge in [-0.3, -0.25) is 4.79 Å². The van der Waals surface area contributed by atoms with Crippen molar-refractivity contribution < 1.29 is 4.74 Å². The van der Waals surface area contributed by atoms with Crippen molar-refractivity contribution in [3.63, 3.8) is 0 Å². The number of piperidine rings is 1. The van der Waals surface area contributed by atoms with E-state index in [9.17, 15) is 4.79 Å². The Morgan fingerprint density at radius 2 is 2.18 bits per heavy atom. The van der Waals surface area contributed by atoms with E-state index < -0.39 is 0 Å². The largest absolute Gasteiger partial charge is 0.381 e. The van der Waals surface area contributed by atoms with Crippen molar-refractivity contribution in [2.75, 3.05) is 37.7 Å². The molecule has 0 aromatic carbocycles. The van der Waals surface area contributed by atoms with Crippen LogP contribution in [-0.4, -0.2) is 48.4 Å². The molecule has 0 amide bonds. The topological polar surface area (TPSA) is 59.4 Å². The van der Waals surface area contributed by atoms with E-state index in [1.807, 2.05) is 0 Å². The van der Waals surface area contributed by atoms with Gasteiger partial charge < -0.3 is 19.5 Å². The number of nitrogens with one attached hydrogen (secondary N) is 1.